The number of nitrogens with zero attached hydrogens (tertiary/aromatic N) is 1. The van der Waals surface area contributed by atoms with Crippen LogP contribution in [-0.2, 0) is 6.54 Å². The van der Waals surface area contributed by atoms with E-state index in [0.717, 1.165) is 5.56 Å². The van der Waals surface area contributed by atoms with Crippen LogP contribution in [0.25, 0.3) is 0 Å². The molecule has 0 bridgehead atoms. The number of carbonyl (C=O) groups is 1. The van der Waals surface area contributed by atoms with E-state index in [1.807, 2.05) is 0 Å². The van der Waals surface area contributed by atoms with Crippen LogP contribution in [0.15, 0.2) is 36.5 Å². The molecule has 0 unspecified atom stereocenters. The van der Waals surface area contributed by atoms with Crippen LogP contribution < -0.4 is 15.8 Å². The number of ether oxygens (including phenoxy) is 1. The molecule has 0 aliphatic carbocycles. The number of pyridine rings is 1. The summed E-state index contributed by atoms with van der Waals surface area (Å²) in [5.74, 6) is -0.361. The number of anilines is 1. The van der Waals surface area contributed by atoms with Crippen molar-refractivity contribution in [2.75, 3.05) is 12.8 Å². The number of amides is 1. The predicted octanol–water partition coefficient (Wildman–Crippen LogP) is 1.74. The molecule has 0 saturated heterocycles. The van der Waals surface area contributed by atoms with Crippen molar-refractivity contribution in [3.8, 4) is 5.88 Å². The first kappa shape index (κ1) is 13.8. The van der Waals surface area contributed by atoms with Gasteiger partial charge in [0.2, 0.25) is 5.88 Å². The molecule has 3 N–H and O–H groups in total. The highest BCUT2D eigenvalue weighted by molar-refractivity contribution is 5.94. The first-order valence-corrected chi connectivity index (χ1v) is 5.92. The van der Waals surface area contributed by atoms with Crippen LogP contribution in [0.2, 0.25) is 0 Å². The van der Waals surface area contributed by atoms with Gasteiger partial charge in [0, 0.05) is 24.4 Å². The first-order chi connectivity index (χ1) is 9.60. The van der Waals surface area contributed by atoms with Crippen molar-refractivity contribution in [2.24, 2.45) is 0 Å². The molecule has 2 rings (SSSR count). The van der Waals surface area contributed by atoms with Crippen LogP contribution in [-0.4, -0.2) is 18.0 Å². The maximum absolute atomic E-state index is 13.0. The van der Waals surface area contributed by atoms with E-state index in [0.29, 0.717) is 18.0 Å². The molecule has 1 aromatic carbocycles. The molecule has 0 radical (unpaired) electrons. The van der Waals surface area contributed by atoms with Crippen molar-refractivity contribution < 1.29 is 13.9 Å². The van der Waals surface area contributed by atoms with Gasteiger partial charge in [-0.1, -0.05) is 6.07 Å². The third-order valence-electron chi connectivity index (χ3n) is 2.72. The SMILES string of the molecule is COc1ccc(CNC(=O)c2ccc(F)c(N)c2)cn1. The zero-order valence-corrected chi connectivity index (χ0v) is 10.9. The number of nitrogen functional groups attached to an aromatic ring is 1. The Morgan fingerprint density at radius 3 is 2.80 bits per heavy atom. The molecule has 0 atom stereocenters. The quantitative estimate of drug-likeness (QED) is 0.833. The molecule has 104 valence electrons. The van der Waals surface area contributed by atoms with Crippen LogP contribution >= 0.6 is 0 Å². The van der Waals surface area contributed by atoms with Crippen LogP contribution in [0.3, 0.4) is 0 Å². The highest BCUT2D eigenvalue weighted by atomic mass is 19.1. The molecule has 0 aliphatic rings. The number of rotatable bonds is 4. The zero-order chi connectivity index (χ0) is 14.5. The third kappa shape index (κ3) is 3.23. The summed E-state index contributed by atoms with van der Waals surface area (Å²) in [4.78, 5) is 15.9. The lowest BCUT2D eigenvalue weighted by atomic mass is 10.2. The zero-order valence-electron chi connectivity index (χ0n) is 10.9. The predicted molar refractivity (Wildman–Crippen MR) is 72.8 cm³/mol. The van der Waals surface area contributed by atoms with Gasteiger partial charge in [0.15, 0.2) is 0 Å². The minimum atomic E-state index is -0.541. The first-order valence-electron chi connectivity index (χ1n) is 5.92. The van der Waals surface area contributed by atoms with E-state index in [2.05, 4.69) is 10.3 Å². The topological polar surface area (TPSA) is 77.2 Å². The summed E-state index contributed by atoms with van der Waals surface area (Å²) in [6, 6.07) is 7.35. The molecule has 5 nitrogen and oxygen atoms in total. The summed E-state index contributed by atoms with van der Waals surface area (Å²) in [5.41, 5.74) is 6.51. The van der Waals surface area contributed by atoms with Crippen LogP contribution in [0, 0.1) is 5.82 Å². The Balaban J connectivity index is 1.98. The Kier molecular flexibility index (Phi) is 4.14. The van der Waals surface area contributed by atoms with E-state index >= 15 is 0 Å². The third-order valence-corrected chi connectivity index (χ3v) is 2.72. The second-order valence-electron chi connectivity index (χ2n) is 4.13. The van der Waals surface area contributed by atoms with Gasteiger partial charge in [-0.25, -0.2) is 9.37 Å². The van der Waals surface area contributed by atoms with Crippen molar-refractivity contribution >= 4 is 11.6 Å². The number of nitrogens with two attached hydrogens (primary N) is 1. The summed E-state index contributed by atoms with van der Waals surface area (Å²) in [5, 5.41) is 2.70. The van der Waals surface area contributed by atoms with Crippen LogP contribution in [0.5, 0.6) is 5.88 Å². The van der Waals surface area contributed by atoms with Gasteiger partial charge in [-0.3, -0.25) is 4.79 Å². The number of methoxy groups -OCH3 is 1. The van der Waals surface area contributed by atoms with Crippen molar-refractivity contribution in [3.05, 3.63) is 53.5 Å². The summed E-state index contributed by atoms with van der Waals surface area (Å²) in [6.07, 6.45) is 1.61. The van der Waals surface area contributed by atoms with Gasteiger partial charge in [0.05, 0.1) is 12.8 Å². The largest absolute Gasteiger partial charge is 0.481 e. The minimum Gasteiger partial charge on any atom is -0.481 e. The second kappa shape index (κ2) is 6.01. The Morgan fingerprint density at radius 1 is 1.40 bits per heavy atom. The summed E-state index contributed by atoms with van der Waals surface area (Å²) >= 11 is 0. The Labute approximate surface area is 115 Å². The fraction of sp³-hybridized carbons (Fsp3) is 0.143. The van der Waals surface area contributed by atoms with Gasteiger partial charge >= 0.3 is 0 Å². The Bertz CT molecular complexity index is 614. The lowest BCUT2D eigenvalue weighted by molar-refractivity contribution is 0.0951. The van der Waals surface area contributed by atoms with E-state index in [4.69, 9.17) is 10.5 Å². The average molecular weight is 275 g/mol. The molecular formula is C14H14FN3O2. The average Bonchev–Trinajstić information content (AvgIpc) is 2.48. The molecule has 20 heavy (non-hydrogen) atoms. The highest BCUT2D eigenvalue weighted by Crippen LogP contribution is 2.12. The fourth-order valence-corrected chi connectivity index (χ4v) is 1.61. The van der Waals surface area contributed by atoms with Crippen molar-refractivity contribution in [1.82, 2.24) is 10.3 Å². The fourth-order valence-electron chi connectivity index (χ4n) is 1.61. The van der Waals surface area contributed by atoms with Gasteiger partial charge in [-0.05, 0) is 23.8 Å². The van der Waals surface area contributed by atoms with Gasteiger partial charge < -0.3 is 15.8 Å². The minimum absolute atomic E-state index is 0.0521. The monoisotopic (exact) mass is 275 g/mol. The maximum Gasteiger partial charge on any atom is 0.251 e. The van der Waals surface area contributed by atoms with E-state index in [1.165, 1.54) is 25.3 Å². The second-order valence-corrected chi connectivity index (χ2v) is 4.13. The smallest absolute Gasteiger partial charge is 0.251 e. The number of hydrogen-bond donors (Lipinski definition) is 2. The van der Waals surface area contributed by atoms with Crippen molar-refractivity contribution in [2.45, 2.75) is 6.54 Å². The molecule has 0 spiro atoms. The van der Waals surface area contributed by atoms with E-state index in [9.17, 15) is 9.18 Å². The lowest BCUT2D eigenvalue weighted by Gasteiger charge is -2.06. The molecule has 0 aliphatic heterocycles. The number of carbonyl (C=O) groups excluding carboxylic acids is 1. The number of nitrogens with one attached hydrogen (secondary N) is 1. The van der Waals surface area contributed by atoms with Gasteiger partial charge in [0.1, 0.15) is 5.82 Å². The summed E-state index contributed by atoms with van der Waals surface area (Å²) in [7, 11) is 1.53. The molecule has 0 saturated carbocycles. The molecule has 1 aromatic heterocycles. The summed E-state index contributed by atoms with van der Waals surface area (Å²) < 4.78 is 17.9. The number of aromatic nitrogens is 1. The highest BCUT2D eigenvalue weighted by Gasteiger charge is 2.08. The standard InChI is InChI=1S/C14H14FN3O2/c1-20-13-5-2-9(7-17-13)8-18-14(19)10-3-4-11(15)12(16)6-10/h2-7H,8,16H2,1H3,(H,18,19). The van der Waals surface area contributed by atoms with E-state index in [1.54, 1.807) is 18.3 Å². The molecule has 6 heteroatoms. The van der Waals surface area contributed by atoms with Crippen molar-refractivity contribution in [3.63, 3.8) is 0 Å². The van der Waals surface area contributed by atoms with Crippen LogP contribution in [0.1, 0.15) is 15.9 Å². The maximum atomic E-state index is 13.0. The molecule has 2 aromatic rings. The molecule has 0 fully saturated rings. The lowest BCUT2D eigenvalue weighted by Crippen LogP contribution is -2.23. The summed E-state index contributed by atoms with van der Waals surface area (Å²) in [6.45, 7) is 0.313. The van der Waals surface area contributed by atoms with Gasteiger partial charge in [-0.2, -0.15) is 0 Å². The molecule has 1 heterocycles. The van der Waals surface area contributed by atoms with Gasteiger partial charge in [0.25, 0.3) is 5.91 Å². The van der Waals surface area contributed by atoms with E-state index < -0.39 is 5.82 Å². The number of hydrogen-bond acceptors (Lipinski definition) is 4. The van der Waals surface area contributed by atoms with E-state index in [-0.39, 0.29) is 11.6 Å². The number of halogens is 1. The van der Waals surface area contributed by atoms with Crippen LogP contribution in [0.4, 0.5) is 10.1 Å². The van der Waals surface area contributed by atoms with Gasteiger partial charge in [-0.15, -0.1) is 0 Å². The molecule has 1 amide bonds. The Hall–Kier alpha value is -2.63. The molecular weight excluding hydrogens is 261 g/mol. The Morgan fingerprint density at radius 2 is 2.20 bits per heavy atom. The van der Waals surface area contributed by atoms with Crippen molar-refractivity contribution in [1.29, 1.82) is 0 Å². The number of benzene rings is 1. The normalized spacial score (nSPS) is 10.1.